The van der Waals surface area contributed by atoms with E-state index in [4.69, 9.17) is 5.73 Å². The van der Waals surface area contributed by atoms with Crippen LogP contribution in [-0.4, -0.2) is 19.4 Å². The van der Waals surface area contributed by atoms with Gasteiger partial charge < -0.3 is 5.73 Å². The first-order chi connectivity index (χ1) is 9.25. The van der Waals surface area contributed by atoms with Crippen molar-refractivity contribution in [2.45, 2.75) is 58.2 Å². The molecule has 2 N–H and O–H groups in total. The van der Waals surface area contributed by atoms with Gasteiger partial charge in [0.1, 0.15) is 0 Å². The number of hydrogen-bond donors (Lipinski definition) is 1. The summed E-state index contributed by atoms with van der Waals surface area (Å²) in [6.07, 6.45) is 2.42. The first kappa shape index (κ1) is 15.5. The maximum Gasteiger partial charge on any atom is 0.155 e. The predicted octanol–water partition coefficient (Wildman–Crippen LogP) is 2.89. The summed E-state index contributed by atoms with van der Waals surface area (Å²) in [6.45, 7) is 8.22. The zero-order valence-corrected chi connectivity index (χ0v) is 13.7. The fourth-order valence-corrected chi connectivity index (χ4v) is 5.33. The highest BCUT2D eigenvalue weighted by molar-refractivity contribution is 7.92. The fraction of sp³-hybridized carbons (Fsp3) is 0.625. The second kappa shape index (κ2) is 5.49. The fourth-order valence-electron chi connectivity index (χ4n) is 3.32. The quantitative estimate of drug-likeness (QED) is 0.912. The van der Waals surface area contributed by atoms with Crippen molar-refractivity contribution in [3.63, 3.8) is 0 Å². The summed E-state index contributed by atoms with van der Waals surface area (Å²) >= 11 is 0. The molecule has 1 saturated heterocycles. The topological polar surface area (TPSA) is 60.2 Å². The highest BCUT2D eigenvalue weighted by atomic mass is 32.2. The largest absolute Gasteiger partial charge is 0.323 e. The molecule has 1 aromatic carbocycles. The molecular weight excluding hydrogens is 270 g/mol. The van der Waals surface area contributed by atoms with Gasteiger partial charge in [-0.05, 0) is 68.4 Å². The molecule has 112 valence electrons. The summed E-state index contributed by atoms with van der Waals surface area (Å²) in [5.74, 6) is 0.286. The van der Waals surface area contributed by atoms with E-state index in [1.54, 1.807) is 0 Å². The third-order valence-corrected chi connectivity index (χ3v) is 7.10. The first-order valence-corrected chi connectivity index (χ1v) is 9.01. The zero-order valence-electron chi connectivity index (χ0n) is 12.9. The summed E-state index contributed by atoms with van der Waals surface area (Å²) in [5, 5.41) is -0.421. The third-order valence-electron chi connectivity index (χ3n) is 4.79. The monoisotopic (exact) mass is 295 g/mol. The van der Waals surface area contributed by atoms with E-state index < -0.39 is 21.1 Å². The zero-order chi connectivity index (χ0) is 15.1. The van der Waals surface area contributed by atoms with Crippen LogP contribution in [0.2, 0.25) is 0 Å². The van der Waals surface area contributed by atoms with Gasteiger partial charge in [-0.3, -0.25) is 0 Å². The van der Waals surface area contributed by atoms with Gasteiger partial charge in [0.2, 0.25) is 0 Å². The molecule has 0 amide bonds. The van der Waals surface area contributed by atoms with Crippen molar-refractivity contribution in [3.8, 4) is 0 Å². The predicted molar refractivity (Wildman–Crippen MR) is 83.7 cm³/mol. The minimum absolute atomic E-state index is 0.286. The van der Waals surface area contributed by atoms with Crippen LogP contribution in [0.5, 0.6) is 0 Å². The van der Waals surface area contributed by atoms with Crippen molar-refractivity contribution < 1.29 is 8.42 Å². The van der Waals surface area contributed by atoms with Crippen molar-refractivity contribution >= 4 is 9.84 Å². The Hall–Kier alpha value is -0.870. The minimum Gasteiger partial charge on any atom is -0.323 e. The van der Waals surface area contributed by atoms with Gasteiger partial charge in [0, 0.05) is 6.04 Å². The van der Waals surface area contributed by atoms with Gasteiger partial charge in [0.05, 0.1) is 11.0 Å². The Bertz CT molecular complexity index is 594. The number of sulfone groups is 1. The van der Waals surface area contributed by atoms with E-state index in [1.165, 1.54) is 11.1 Å². The average Bonchev–Trinajstić information content (AvgIpc) is 2.36. The Morgan fingerprint density at radius 3 is 2.15 bits per heavy atom. The minimum atomic E-state index is -3.06. The molecule has 1 fully saturated rings. The smallest absolute Gasteiger partial charge is 0.155 e. The van der Waals surface area contributed by atoms with Gasteiger partial charge in [-0.15, -0.1) is 0 Å². The average molecular weight is 295 g/mol. The molecule has 1 aliphatic rings. The van der Waals surface area contributed by atoms with E-state index in [0.29, 0.717) is 6.42 Å². The molecule has 3 nitrogen and oxygen atoms in total. The van der Waals surface area contributed by atoms with Crippen LogP contribution in [0, 0.1) is 27.7 Å². The summed E-state index contributed by atoms with van der Waals surface area (Å²) in [6, 6.07) is 1.75. The second-order valence-corrected chi connectivity index (χ2v) is 8.44. The van der Waals surface area contributed by atoms with Crippen LogP contribution < -0.4 is 5.73 Å². The molecule has 0 saturated carbocycles. The summed E-state index contributed by atoms with van der Waals surface area (Å²) in [7, 11) is -3.06. The maximum atomic E-state index is 12.3. The Morgan fingerprint density at radius 2 is 1.65 bits per heavy atom. The molecule has 0 bridgehead atoms. The van der Waals surface area contributed by atoms with Crippen molar-refractivity contribution in [2.24, 2.45) is 5.73 Å². The molecule has 0 aromatic heterocycles. The Balaban J connectivity index is 2.51. The van der Waals surface area contributed by atoms with Crippen LogP contribution in [0.25, 0.3) is 0 Å². The molecule has 0 aliphatic carbocycles. The van der Waals surface area contributed by atoms with Gasteiger partial charge in [0.15, 0.2) is 9.84 Å². The van der Waals surface area contributed by atoms with Crippen molar-refractivity contribution in [1.29, 1.82) is 0 Å². The van der Waals surface area contributed by atoms with Crippen LogP contribution in [0.4, 0.5) is 0 Å². The van der Waals surface area contributed by atoms with Crippen LogP contribution in [-0.2, 0) is 9.84 Å². The lowest BCUT2D eigenvalue weighted by molar-refractivity contribution is 0.503. The molecule has 1 aromatic rings. The van der Waals surface area contributed by atoms with Crippen molar-refractivity contribution in [2.75, 3.05) is 5.75 Å². The summed E-state index contributed by atoms with van der Waals surface area (Å²) in [5.41, 5.74) is 12.1. The Kier molecular flexibility index (Phi) is 4.26. The molecule has 1 heterocycles. The third kappa shape index (κ3) is 2.63. The van der Waals surface area contributed by atoms with Gasteiger partial charge >= 0.3 is 0 Å². The molecule has 2 rings (SSSR count). The first-order valence-electron chi connectivity index (χ1n) is 7.30. The molecule has 2 unspecified atom stereocenters. The number of rotatable bonds is 2. The van der Waals surface area contributed by atoms with Crippen molar-refractivity contribution in [1.82, 2.24) is 0 Å². The highest BCUT2D eigenvalue weighted by Crippen LogP contribution is 2.34. The van der Waals surface area contributed by atoms with Crippen LogP contribution in [0.1, 0.15) is 53.1 Å². The Labute approximate surface area is 122 Å². The molecule has 1 aliphatic heterocycles. The van der Waals surface area contributed by atoms with E-state index >= 15 is 0 Å². The molecule has 0 spiro atoms. The van der Waals surface area contributed by atoms with Gasteiger partial charge in [0.25, 0.3) is 0 Å². The number of aryl methyl sites for hydroxylation is 2. The van der Waals surface area contributed by atoms with Gasteiger partial charge in [-0.25, -0.2) is 8.42 Å². The van der Waals surface area contributed by atoms with E-state index in [0.717, 1.165) is 29.5 Å². The Morgan fingerprint density at radius 1 is 1.10 bits per heavy atom. The van der Waals surface area contributed by atoms with E-state index in [2.05, 4.69) is 19.9 Å². The molecular formula is C16H25NO2S. The SMILES string of the molecule is Cc1cc(C)c(C)c(C(N)C2CCCCS2(=O)=O)c1C. The normalized spacial score (nSPS) is 23.6. The van der Waals surface area contributed by atoms with Crippen molar-refractivity contribution in [3.05, 3.63) is 33.9 Å². The van der Waals surface area contributed by atoms with Crippen LogP contribution in [0.3, 0.4) is 0 Å². The van der Waals surface area contributed by atoms with E-state index in [-0.39, 0.29) is 5.75 Å². The molecule has 20 heavy (non-hydrogen) atoms. The molecule has 4 heteroatoms. The van der Waals surface area contributed by atoms with E-state index in [1.807, 2.05) is 13.8 Å². The number of hydrogen-bond acceptors (Lipinski definition) is 3. The van der Waals surface area contributed by atoms with Crippen LogP contribution >= 0.6 is 0 Å². The van der Waals surface area contributed by atoms with Crippen LogP contribution in [0.15, 0.2) is 6.07 Å². The second-order valence-electron chi connectivity index (χ2n) is 6.10. The molecule has 2 atom stereocenters. The lowest BCUT2D eigenvalue weighted by Crippen LogP contribution is -2.38. The standard InChI is InChI=1S/C16H25NO2S/c1-10-9-11(2)13(4)15(12(10)3)16(17)14-7-5-6-8-20(14,18)19/h9,14,16H,5-8,17H2,1-4H3. The number of benzene rings is 1. The van der Waals surface area contributed by atoms with Gasteiger partial charge in [-0.1, -0.05) is 12.5 Å². The van der Waals surface area contributed by atoms with Gasteiger partial charge in [-0.2, -0.15) is 0 Å². The number of nitrogens with two attached hydrogens (primary N) is 1. The summed E-state index contributed by atoms with van der Waals surface area (Å²) in [4.78, 5) is 0. The highest BCUT2D eigenvalue weighted by Gasteiger charge is 2.35. The lowest BCUT2D eigenvalue weighted by atomic mass is 9.88. The lowest BCUT2D eigenvalue weighted by Gasteiger charge is -2.30. The van der Waals surface area contributed by atoms with E-state index in [9.17, 15) is 8.42 Å². The maximum absolute atomic E-state index is 12.3. The molecule has 0 radical (unpaired) electrons. The summed E-state index contributed by atoms with van der Waals surface area (Å²) < 4.78 is 24.6.